The van der Waals surface area contributed by atoms with Crippen LogP contribution >= 0.6 is 0 Å². The number of aromatic nitrogens is 3. The van der Waals surface area contributed by atoms with Crippen molar-refractivity contribution < 1.29 is 4.39 Å². The highest BCUT2D eigenvalue weighted by atomic mass is 19.1. The lowest BCUT2D eigenvalue weighted by Crippen LogP contribution is -2.28. The molecule has 0 bridgehead atoms. The number of nitrogens with zero attached hydrogens (tertiary/aromatic N) is 2. The highest BCUT2D eigenvalue weighted by molar-refractivity contribution is 5.56. The lowest BCUT2D eigenvalue weighted by Gasteiger charge is -2.21. The molecule has 4 nitrogen and oxygen atoms in total. The van der Waals surface area contributed by atoms with Gasteiger partial charge >= 0.3 is 0 Å². The summed E-state index contributed by atoms with van der Waals surface area (Å²) in [7, 11) is 0. The molecule has 0 saturated carbocycles. The summed E-state index contributed by atoms with van der Waals surface area (Å²) in [4.78, 5) is 11.5. The van der Waals surface area contributed by atoms with Crippen LogP contribution < -0.4 is 5.32 Å². The predicted molar refractivity (Wildman–Crippen MR) is 71.1 cm³/mol. The molecule has 0 spiro atoms. The highest BCUT2D eigenvalue weighted by Crippen LogP contribution is 2.20. The molecule has 0 radical (unpaired) electrons. The first-order valence-corrected chi connectivity index (χ1v) is 6.67. The molecule has 2 aromatic rings. The Labute approximate surface area is 111 Å². The van der Waals surface area contributed by atoms with Crippen molar-refractivity contribution in [3.05, 3.63) is 36.3 Å². The van der Waals surface area contributed by atoms with Crippen LogP contribution in [0.4, 0.5) is 4.39 Å². The van der Waals surface area contributed by atoms with Gasteiger partial charge in [-0.05, 0) is 37.9 Å². The minimum Gasteiger partial charge on any atom is -0.342 e. The van der Waals surface area contributed by atoms with Gasteiger partial charge in [0.1, 0.15) is 11.6 Å². The van der Waals surface area contributed by atoms with E-state index in [0.29, 0.717) is 5.92 Å². The Bertz CT molecular complexity index is 546. The summed E-state index contributed by atoms with van der Waals surface area (Å²) in [6.07, 6.45) is 7.95. The van der Waals surface area contributed by atoms with Crippen LogP contribution in [0.3, 0.4) is 0 Å². The molecule has 1 fully saturated rings. The second kappa shape index (κ2) is 5.48. The van der Waals surface area contributed by atoms with E-state index in [1.165, 1.54) is 25.1 Å². The molecule has 0 amide bonds. The molecule has 1 aliphatic rings. The average molecular weight is 260 g/mol. The molecular formula is C14H17FN4. The standard InChI is InChI=1S/C14H17FN4/c15-12-6-11(7-17-8-12)13-9-18-14(19-13)5-10-1-3-16-4-2-10/h6-10,16H,1-5H2,(H,18,19). The van der Waals surface area contributed by atoms with E-state index in [1.54, 1.807) is 12.4 Å². The summed E-state index contributed by atoms with van der Waals surface area (Å²) < 4.78 is 13.1. The van der Waals surface area contributed by atoms with Gasteiger partial charge in [-0.3, -0.25) is 4.98 Å². The van der Waals surface area contributed by atoms with Crippen LogP contribution in [0.5, 0.6) is 0 Å². The number of imidazole rings is 1. The van der Waals surface area contributed by atoms with E-state index < -0.39 is 0 Å². The summed E-state index contributed by atoms with van der Waals surface area (Å²) >= 11 is 0. The molecule has 5 heteroatoms. The van der Waals surface area contributed by atoms with Crippen molar-refractivity contribution in [2.24, 2.45) is 5.92 Å². The molecule has 2 N–H and O–H groups in total. The molecule has 100 valence electrons. The Kier molecular flexibility index (Phi) is 3.55. The molecule has 1 aliphatic heterocycles. The number of pyridine rings is 1. The van der Waals surface area contributed by atoms with E-state index in [-0.39, 0.29) is 5.82 Å². The third kappa shape index (κ3) is 2.98. The van der Waals surface area contributed by atoms with Gasteiger partial charge in [-0.15, -0.1) is 0 Å². The average Bonchev–Trinajstić information content (AvgIpc) is 2.88. The van der Waals surface area contributed by atoms with Crippen molar-refractivity contribution in [3.8, 4) is 11.3 Å². The first-order valence-electron chi connectivity index (χ1n) is 6.67. The Morgan fingerprint density at radius 2 is 2.05 bits per heavy atom. The number of hydrogen-bond donors (Lipinski definition) is 2. The first-order chi connectivity index (χ1) is 9.31. The van der Waals surface area contributed by atoms with Crippen molar-refractivity contribution in [2.45, 2.75) is 19.3 Å². The first kappa shape index (κ1) is 12.3. The van der Waals surface area contributed by atoms with Gasteiger partial charge in [0.25, 0.3) is 0 Å². The molecule has 3 rings (SSSR count). The van der Waals surface area contributed by atoms with Gasteiger partial charge in [-0.2, -0.15) is 0 Å². The number of aromatic amines is 1. The quantitative estimate of drug-likeness (QED) is 0.889. The number of H-pyrrole nitrogens is 1. The number of rotatable bonds is 3. The van der Waals surface area contributed by atoms with Crippen LogP contribution in [0, 0.1) is 11.7 Å². The fourth-order valence-electron chi connectivity index (χ4n) is 2.53. The Balaban J connectivity index is 1.72. The number of halogens is 1. The smallest absolute Gasteiger partial charge is 0.142 e. The lowest BCUT2D eigenvalue weighted by molar-refractivity contribution is 0.368. The van der Waals surface area contributed by atoms with Gasteiger partial charge in [0.15, 0.2) is 0 Å². The van der Waals surface area contributed by atoms with Gasteiger partial charge in [0.05, 0.1) is 18.1 Å². The summed E-state index contributed by atoms with van der Waals surface area (Å²) in [5.41, 5.74) is 1.57. The zero-order chi connectivity index (χ0) is 13.1. The van der Waals surface area contributed by atoms with E-state index in [1.807, 2.05) is 0 Å². The molecule has 0 aliphatic carbocycles. The zero-order valence-electron chi connectivity index (χ0n) is 10.7. The summed E-state index contributed by atoms with van der Waals surface area (Å²) in [6, 6.07) is 1.47. The number of nitrogens with one attached hydrogen (secondary N) is 2. The maximum absolute atomic E-state index is 13.1. The monoisotopic (exact) mass is 260 g/mol. The number of piperidine rings is 1. The lowest BCUT2D eigenvalue weighted by atomic mass is 9.94. The van der Waals surface area contributed by atoms with Gasteiger partial charge in [0, 0.05) is 18.2 Å². The molecule has 0 unspecified atom stereocenters. The van der Waals surface area contributed by atoms with Gasteiger partial charge in [-0.1, -0.05) is 0 Å². The number of hydrogen-bond acceptors (Lipinski definition) is 3. The highest BCUT2D eigenvalue weighted by Gasteiger charge is 2.15. The van der Waals surface area contributed by atoms with Crippen LogP contribution in [-0.2, 0) is 6.42 Å². The molecule has 3 heterocycles. The van der Waals surface area contributed by atoms with E-state index in [9.17, 15) is 4.39 Å². The van der Waals surface area contributed by atoms with Crippen molar-refractivity contribution in [1.82, 2.24) is 20.3 Å². The van der Waals surface area contributed by atoms with E-state index in [0.717, 1.165) is 36.6 Å². The largest absolute Gasteiger partial charge is 0.342 e. The van der Waals surface area contributed by atoms with Crippen LogP contribution in [0.15, 0.2) is 24.7 Å². The van der Waals surface area contributed by atoms with E-state index in [2.05, 4.69) is 20.3 Å². The second-order valence-electron chi connectivity index (χ2n) is 5.03. The normalized spacial score (nSPS) is 16.7. The second-order valence-corrected chi connectivity index (χ2v) is 5.03. The Hall–Kier alpha value is -1.75. The molecular weight excluding hydrogens is 243 g/mol. The summed E-state index contributed by atoms with van der Waals surface area (Å²) in [6.45, 7) is 2.18. The zero-order valence-corrected chi connectivity index (χ0v) is 10.7. The third-order valence-electron chi connectivity index (χ3n) is 3.59. The van der Waals surface area contributed by atoms with Crippen LogP contribution in [0.2, 0.25) is 0 Å². The minimum atomic E-state index is -0.327. The Morgan fingerprint density at radius 1 is 1.21 bits per heavy atom. The maximum Gasteiger partial charge on any atom is 0.142 e. The fraction of sp³-hybridized carbons (Fsp3) is 0.429. The van der Waals surface area contributed by atoms with Crippen molar-refractivity contribution in [1.29, 1.82) is 0 Å². The van der Waals surface area contributed by atoms with Crippen LogP contribution in [0.25, 0.3) is 11.3 Å². The SMILES string of the molecule is Fc1cncc(-c2cnc(CC3CCNCC3)[nH]2)c1. The fourth-order valence-corrected chi connectivity index (χ4v) is 2.53. The molecule has 0 atom stereocenters. The Morgan fingerprint density at radius 3 is 2.84 bits per heavy atom. The third-order valence-corrected chi connectivity index (χ3v) is 3.59. The van der Waals surface area contributed by atoms with Gasteiger partial charge < -0.3 is 10.3 Å². The topological polar surface area (TPSA) is 53.6 Å². The summed E-state index contributed by atoms with van der Waals surface area (Å²) in [5, 5.41) is 3.36. The van der Waals surface area contributed by atoms with Crippen LogP contribution in [-0.4, -0.2) is 28.0 Å². The van der Waals surface area contributed by atoms with Crippen LogP contribution in [0.1, 0.15) is 18.7 Å². The van der Waals surface area contributed by atoms with Crippen molar-refractivity contribution in [2.75, 3.05) is 13.1 Å². The van der Waals surface area contributed by atoms with Gasteiger partial charge in [-0.25, -0.2) is 9.37 Å². The van der Waals surface area contributed by atoms with Crippen molar-refractivity contribution >= 4 is 0 Å². The molecule has 19 heavy (non-hydrogen) atoms. The maximum atomic E-state index is 13.1. The molecule has 2 aromatic heterocycles. The predicted octanol–water partition coefficient (Wildman–Crippen LogP) is 2.15. The van der Waals surface area contributed by atoms with Gasteiger partial charge in [0.2, 0.25) is 0 Å². The van der Waals surface area contributed by atoms with E-state index in [4.69, 9.17) is 0 Å². The van der Waals surface area contributed by atoms with E-state index >= 15 is 0 Å². The minimum absolute atomic E-state index is 0.327. The molecule has 0 aromatic carbocycles. The summed E-state index contributed by atoms with van der Waals surface area (Å²) in [5.74, 6) is 1.34. The van der Waals surface area contributed by atoms with Crippen molar-refractivity contribution in [3.63, 3.8) is 0 Å². The molecule has 1 saturated heterocycles.